The van der Waals surface area contributed by atoms with Crippen molar-refractivity contribution in [2.75, 3.05) is 4.90 Å². The lowest BCUT2D eigenvalue weighted by molar-refractivity contribution is 0.461. The van der Waals surface area contributed by atoms with E-state index < -0.39 is 20.6 Å². The van der Waals surface area contributed by atoms with E-state index in [2.05, 4.69) is 152 Å². The van der Waals surface area contributed by atoms with E-state index in [0.29, 0.717) is 4.90 Å². The second-order valence-corrected chi connectivity index (χ2v) is 22.0. The largest absolute Gasteiger partial charge is 0.354 e. The van der Waals surface area contributed by atoms with Gasteiger partial charge in [0.15, 0.2) is 9.84 Å². The van der Waals surface area contributed by atoms with E-state index in [1.807, 2.05) is 31.2 Å². The molecule has 0 unspecified atom stereocenters. The van der Waals surface area contributed by atoms with E-state index in [1.54, 1.807) is 0 Å². The molecule has 0 aromatic heterocycles. The first kappa shape index (κ1) is 34.8. The molecular weight excluding hydrogens is 691 g/mol. The number of aryl methyl sites for hydroxylation is 1. The van der Waals surface area contributed by atoms with Gasteiger partial charge < -0.3 is 4.90 Å². The molecule has 0 spiro atoms. The second kappa shape index (κ2) is 10.8. The Morgan fingerprint density at radius 1 is 0.564 bits per heavy atom. The molecule has 0 bridgehead atoms. The molecule has 3 heterocycles. The van der Waals surface area contributed by atoms with Crippen molar-refractivity contribution in [3.05, 3.63) is 154 Å². The van der Waals surface area contributed by atoms with Gasteiger partial charge in [-0.05, 0) is 108 Å². The Labute approximate surface area is 327 Å². The van der Waals surface area contributed by atoms with E-state index in [9.17, 15) is 0 Å². The van der Waals surface area contributed by atoms with Crippen molar-refractivity contribution in [1.29, 1.82) is 0 Å². The van der Waals surface area contributed by atoms with Gasteiger partial charge in [0, 0.05) is 17.0 Å². The molecule has 4 aliphatic rings. The van der Waals surface area contributed by atoms with E-state index in [0.717, 1.165) is 44.2 Å². The number of hydrogen-bond donors (Lipinski definition) is 0. The summed E-state index contributed by atoms with van der Waals surface area (Å²) in [6.45, 7) is 22.5. The summed E-state index contributed by atoms with van der Waals surface area (Å²) in [6, 6.07) is 38.8. The van der Waals surface area contributed by atoms with Crippen LogP contribution in [-0.2, 0) is 30.8 Å². The molecular formula is C51H51NO2S. The maximum Gasteiger partial charge on any atom is 0.191 e. The van der Waals surface area contributed by atoms with Crippen LogP contribution in [0, 0.1) is 6.92 Å². The highest BCUT2D eigenvalue weighted by molar-refractivity contribution is 7.92. The fourth-order valence-electron chi connectivity index (χ4n) is 10.7. The third-order valence-corrected chi connectivity index (χ3v) is 15.9. The van der Waals surface area contributed by atoms with Gasteiger partial charge in [0.1, 0.15) is 4.75 Å². The lowest BCUT2D eigenvalue weighted by atomic mass is 9.75. The Balaban J connectivity index is 1.44. The standard InChI is InChI=1S/C51H51NO2S/c1-29-19-21-34(22-20-29)55(53,54)51-42-28-32(49(5,6)7)24-30-23-31(48(2,3)4)27-41(43(30)42)44(51)46-37-17-13-11-15-35(37)39-25-33(50(8,9)10)26-40-36-16-12-14-18-38(36)47(51)52(46)45(39)40/h11-28,44,46-47H,1-10H3/t44-,46+,47-,51+/m0/s1. The van der Waals surface area contributed by atoms with Crippen LogP contribution >= 0.6 is 0 Å². The van der Waals surface area contributed by atoms with Crippen molar-refractivity contribution >= 4 is 26.3 Å². The molecule has 0 amide bonds. The monoisotopic (exact) mass is 741 g/mol. The van der Waals surface area contributed by atoms with E-state index in [1.165, 1.54) is 39.1 Å². The first-order chi connectivity index (χ1) is 25.8. The number of rotatable bonds is 2. The predicted molar refractivity (Wildman–Crippen MR) is 228 cm³/mol. The molecule has 0 radical (unpaired) electrons. The van der Waals surface area contributed by atoms with Crippen LogP contribution in [0.4, 0.5) is 5.69 Å². The molecule has 1 saturated heterocycles. The lowest BCUT2D eigenvalue weighted by Crippen LogP contribution is -2.44. The molecule has 3 aliphatic heterocycles. The van der Waals surface area contributed by atoms with E-state index >= 15 is 8.42 Å². The Morgan fingerprint density at radius 3 is 1.65 bits per heavy atom. The third-order valence-electron chi connectivity index (χ3n) is 13.5. The van der Waals surface area contributed by atoms with E-state index in [-0.39, 0.29) is 28.2 Å². The topological polar surface area (TPSA) is 37.4 Å². The molecule has 10 rings (SSSR count). The highest BCUT2D eigenvalue weighted by Crippen LogP contribution is 2.77. The molecule has 0 N–H and O–H groups in total. The molecule has 4 heteroatoms. The highest BCUT2D eigenvalue weighted by atomic mass is 32.2. The minimum Gasteiger partial charge on any atom is -0.354 e. The summed E-state index contributed by atoms with van der Waals surface area (Å²) >= 11 is 0. The van der Waals surface area contributed by atoms with Gasteiger partial charge in [0.25, 0.3) is 0 Å². The first-order valence-electron chi connectivity index (χ1n) is 19.9. The van der Waals surface area contributed by atoms with Gasteiger partial charge in [-0.1, -0.05) is 153 Å². The van der Waals surface area contributed by atoms with E-state index in [4.69, 9.17) is 0 Å². The molecule has 6 aromatic rings. The van der Waals surface area contributed by atoms with Gasteiger partial charge in [-0.25, -0.2) is 8.42 Å². The number of anilines is 1. The second-order valence-electron chi connectivity index (χ2n) is 19.9. The Kier molecular flexibility index (Phi) is 6.83. The Morgan fingerprint density at radius 2 is 1.07 bits per heavy atom. The summed E-state index contributed by atoms with van der Waals surface area (Å²) in [4.78, 5) is 2.99. The Hall–Kier alpha value is -4.67. The van der Waals surface area contributed by atoms with Crippen LogP contribution < -0.4 is 4.90 Å². The van der Waals surface area contributed by atoms with Crippen LogP contribution in [0.3, 0.4) is 0 Å². The van der Waals surface area contributed by atoms with Crippen LogP contribution in [0.5, 0.6) is 0 Å². The minimum atomic E-state index is -4.09. The van der Waals surface area contributed by atoms with Crippen LogP contribution in [0.1, 0.15) is 125 Å². The molecule has 1 fully saturated rings. The zero-order chi connectivity index (χ0) is 38.8. The average molecular weight is 742 g/mol. The zero-order valence-corrected chi connectivity index (χ0v) is 34.6. The number of fused-ring (bicyclic) bond motifs is 11. The lowest BCUT2D eigenvalue weighted by Gasteiger charge is -2.47. The highest BCUT2D eigenvalue weighted by Gasteiger charge is 2.73. The molecule has 0 saturated carbocycles. The quantitative estimate of drug-likeness (QED) is 0.177. The molecule has 3 nitrogen and oxygen atoms in total. The minimum absolute atomic E-state index is 0.0814. The van der Waals surface area contributed by atoms with Gasteiger partial charge in [-0.15, -0.1) is 0 Å². The van der Waals surface area contributed by atoms with Gasteiger partial charge >= 0.3 is 0 Å². The SMILES string of the molecule is Cc1ccc(S(=O)(=O)[C@]23c4cc(C(C)(C)C)cc5cc(C(C)(C)C)cc(c45)[C@H]2[C@H]2c4ccccc4-c4cc(C(C)(C)C)cc5c4N2[C@H]3c2ccccc2-5)cc1. The number of sulfone groups is 1. The summed E-state index contributed by atoms with van der Waals surface area (Å²) in [5, 5.41) is 2.27. The van der Waals surface area contributed by atoms with Crippen LogP contribution in [0.2, 0.25) is 0 Å². The third kappa shape index (κ3) is 4.41. The summed E-state index contributed by atoms with van der Waals surface area (Å²) in [6.07, 6.45) is 0. The van der Waals surface area contributed by atoms with Crippen LogP contribution in [0.15, 0.2) is 114 Å². The fourth-order valence-corrected chi connectivity index (χ4v) is 13.2. The van der Waals surface area contributed by atoms with Crippen molar-refractivity contribution in [2.45, 2.75) is 113 Å². The van der Waals surface area contributed by atoms with Crippen molar-refractivity contribution in [2.24, 2.45) is 0 Å². The summed E-state index contributed by atoms with van der Waals surface area (Å²) < 4.78 is 31.9. The van der Waals surface area contributed by atoms with Gasteiger partial charge in [0.2, 0.25) is 0 Å². The van der Waals surface area contributed by atoms with Gasteiger partial charge in [0.05, 0.1) is 22.7 Å². The number of hydrogen-bond acceptors (Lipinski definition) is 3. The maximum atomic E-state index is 16.6. The molecule has 278 valence electrons. The zero-order valence-electron chi connectivity index (χ0n) is 33.8. The number of nitrogens with zero attached hydrogens (tertiary/aromatic N) is 1. The smallest absolute Gasteiger partial charge is 0.191 e. The normalized spacial score (nSPS) is 22.0. The molecule has 4 atom stereocenters. The summed E-state index contributed by atoms with van der Waals surface area (Å²) in [7, 11) is -4.09. The van der Waals surface area contributed by atoms with Crippen molar-refractivity contribution in [1.82, 2.24) is 0 Å². The fraction of sp³-hybridized carbons (Fsp3) is 0.333. The predicted octanol–water partition coefficient (Wildman–Crippen LogP) is 12.8. The Bertz CT molecular complexity index is 2730. The van der Waals surface area contributed by atoms with Crippen molar-refractivity contribution < 1.29 is 8.42 Å². The van der Waals surface area contributed by atoms with Crippen LogP contribution in [0.25, 0.3) is 33.0 Å². The van der Waals surface area contributed by atoms with Crippen molar-refractivity contribution in [3.8, 4) is 22.3 Å². The summed E-state index contributed by atoms with van der Waals surface area (Å²) in [5.41, 5.74) is 14.6. The first-order valence-corrected chi connectivity index (χ1v) is 21.4. The van der Waals surface area contributed by atoms with Gasteiger partial charge in [-0.2, -0.15) is 0 Å². The molecule has 6 aromatic carbocycles. The summed E-state index contributed by atoms with van der Waals surface area (Å²) in [5.74, 6) is -0.380. The molecule has 1 aliphatic carbocycles. The van der Waals surface area contributed by atoms with Crippen molar-refractivity contribution in [3.63, 3.8) is 0 Å². The van der Waals surface area contributed by atoms with Crippen LogP contribution in [-0.4, -0.2) is 8.42 Å². The molecule has 55 heavy (non-hydrogen) atoms. The maximum absolute atomic E-state index is 16.6. The average Bonchev–Trinajstić information content (AvgIpc) is 3.61. The van der Waals surface area contributed by atoms with Gasteiger partial charge in [-0.3, -0.25) is 0 Å². The number of benzene rings is 6.